The first-order chi connectivity index (χ1) is 6.67. The molecule has 2 nitrogen and oxygen atoms in total. The van der Waals surface area contributed by atoms with Gasteiger partial charge in [-0.05, 0) is 12.1 Å². The van der Waals surface area contributed by atoms with Crippen LogP contribution >= 0.6 is 12.5 Å². The van der Waals surface area contributed by atoms with Crippen molar-refractivity contribution in [2.75, 3.05) is 5.73 Å². The number of anilines is 1. The van der Waals surface area contributed by atoms with Crippen LogP contribution in [0.1, 0.15) is 23.7 Å². The van der Waals surface area contributed by atoms with Gasteiger partial charge in [0.05, 0.1) is 0 Å². The van der Waals surface area contributed by atoms with Gasteiger partial charge < -0.3 is 5.73 Å². The number of nitrogens with two attached hydrogens (primary N) is 1. The maximum absolute atomic E-state index is 11.2. The van der Waals surface area contributed by atoms with Crippen LogP contribution in [0.5, 0.6) is 0 Å². The van der Waals surface area contributed by atoms with E-state index in [1.807, 2.05) is 25.9 Å². The number of rotatable bonds is 2. The summed E-state index contributed by atoms with van der Waals surface area (Å²) in [7, 11) is 0. The summed E-state index contributed by atoms with van der Waals surface area (Å²) in [4.78, 5) is 11.2. The molecule has 0 saturated heterocycles. The average molecular weight is 446 g/mol. The van der Waals surface area contributed by atoms with Crippen LogP contribution in [0.15, 0.2) is 24.3 Å². The quantitative estimate of drug-likeness (QED) is 0.318. The van der Waals surface area contributed by atoms with E-state index in [2.05, 4.69) is 12.5 Å². The molecule has 0 aliphatic rings. The number of thiol groups is 1. The molecule has 0 spiro atoms. The summed E-state index contributed by atoms with van der Waals surface area (Å²) in [5, 5.41) is 0. The maximum Gasteiger partial charge on any atom is 0.183 e. The molecule has 0 aliphatic carbocycles. The molecule has 0 unspecified atom stereocenters. The molecule has 0 aromatic heterocycles. The van der Waals surface area contributed by atoms with Gasteiger partial charge in [-0.2, -0.15) is 0 Å². The summed E-state index contributed by atoms with van der Waals surface area (Å²) in [5.74, 6) is 0.100. The van der Waals surface area contributed by atoms with E-state index in [0.29, 0.717) is 17.7 Å². The largest absolute Gasteiger partial charge is 0.398 e. The second-order valence-electron chi connectivity index (χ2n) is 2.62. The van der Waals surface area contributed by atoms with Crippen molar-refractivity contribution in [3.63, 3.8) is 0 Å². The zero-order valence-corrected chi connectivity index (χ0v) is 14.1. The molecule has 79 valence electrons. The molecule has 0 amide bonds. The minimum absolute atomic E-state index is 0. The summed E-state index contributed by atoms with van der Waals surface area (Å²) in [6.07, 6.45) is 0.508. The minimum atomic E-state index is 0. The molecule has 1 rings (SSSR count). The molecule has 0 saturated carbocycles. The molecule has 0 heterocycles. The first-order valence-electron chi connectivity index (χ1n) is 4.47. The zero-order chi connectivity index (χ0) is 11.0. The topological polar surface area (TPSA) is 43.1 Å². The summed E-state index contributed by atoms with van der Waals surface area (Å²) in [5.41, 5.74) is 6.78. The third-order valence-corrected chi connectivity index (χ3v) is 1.58. The fourth-order valence-corrected chi connectivity index (χ4v) is 0.941. The van der Waals surface area contributed by atoms with Crippen molar-refractivity contribution in [3.05, 3.63) is 29.8 Å². The van der Waals surface area contributed by atoms with Gasteiger partial charge in [0.1, 0.15) is 0 Å². The van der Waals surface area contributed by atoms with Crippen molar-refractivity contribution in [1.82, 2.24) is 0 Å². The minimum Gasteiger partial charge on any atom is -0.398 e. The molecule has 1 radical (unpaired) electrons. The Hall–Kier alpha value is 0.157. The number of nitrogen functional groups attached to an aromatic ring is 1. The van der Waals surface area contributed by atoms with Gasteiger partial charge in [-0.25, -0.2) is 12.5 Å². The van der Waals surface area contributed by atoms with Gasteiger partial charge in [0.25, 0.3) is 0 Å². The first kappa shape index (κ1) is 17.5. The number of Topliss-reactive ketones (excluding diaryl/α,β-unsaturated/α-hetero) is 1. The normalized spacial score (nSPS) is 7.93. The predicted molar refractivity (Wildman–Crippen MR) is 66.1 cm³/mol. The number of hydrogen-bond donors (Lipinski definition) is 2. The summed E-state index contributed by atoms with van der Waals surface area (Å²) < 4.78 is 0. The standard InChI is InChI=1S/C9H11NO.CH4BS.U/c1-2-9(11)7-5-3-4-6-8(7)10;1-2-3;/h3-6H,2,10H2,1H3;3H,1H3;. The molecule has 0 fully saturated rings. The molecule has 1 aromatic rings. The van der Waals surface area contributed by atoms with E-state index in [4.69, 9.17) is 5.73 Å². The Bertz CT molecular complexity index is 297. The second kappa shape index (κ2) is 10.7. The Labute approximate surface area is 121 Å². The van der Waals surface area contributed by atoms with E-state index in [-0.39, 0.29) is 36.9 Å². The van der Waals surface area contributed by atoms with Crippen LogP contribution in [0.25, 0.3) is 0 Å². The van der Waals surface area contributed by atoms with E-state index in [1.54, 1.807) is 18.7 Å². The molecule has 0 bridgehead atoms. The van der Waals surface area contributed by atoms with E-state index >= 15 is 0 Å². The number of benzene rings is 1. The number of para-hydroxylation sites is 1. The fourth-order valence-electron chi connectivity index (χ4n) is 0.941. The van der Waals surface area contributed by atoms with Crippen LogP contribution in [0.4, 0.5) is 5.69 Å². The first-order valence-corrected chi connectivity index (χ1v) is 4.98. The van der Waals surface area contributed by atoms with Crippen LogP contribution in [0.3, 0.4) is 0 Å². The van der Waals surface area contributed by atoms with Gasteiger partial charge in [0, 0.05) is 48.8 Å². The molecule has 0 aliphatic heterocycles. The van der Waals surface area contributed by atoms with Crippen molar-refractivity contribution in [3.8, 4) is 0 Å². The van der Waals surface area contributed by atoms with Crippen molar-refractivity contribution in [1.29, 1.82) is 0 Å². The van der Waals surface area contributed by atoms with Gasteiger partial charge in [-0.15, -0.1) is 0 Å². The second-order valence-corrected chi connectivity index (χ2v) is 3.14. The number of ketones is 1. The van der Waals surface area contributed by atoms with Crippen molar-refractivity contribution in [2.45, 2.75) is 20.2 Å². The van der Waals surface area contributed by atoms with Crippen LogP contribution in [-0.4, -0.2) is 12.3 Å². The van der Waals surface area contributed by atoms with Crippen molar-refractivity contribution >= 4 is 30.5 Å². The fraction of sp³-hybridized carbons (Fsp3) is 0.300. The third kappa shape index (κ3) is 7.11. The molecule has 2 N–H and O–H groups in total. The molecular weight excluding hydrogens is 431 g/mol. The average Bonchev–Trinajstić information content (AvgIpc) is 2.19. The molecule has 5 heteroatoms. The Morgan fingerprint density at radius 2 is 1.93 bits per heavy atom. The summed E-state index contributed by atoms with van der Waals surface area (Å²) in [6, 6.07) is 7.13. The molecular formula is C10H15BNOSU. The number of carbonyl (C=O) groups excluding carboxylic acids is 1. The maximum atomic E-state index is 11.2. The SMILES string of the molecule is CCC(=O)c1ccccc1N.C[B]S.[U]. The van der Waals surface area contributed by atoms with Crippen LogP contribution in [-0.2, 0) is 0 Å². The Kier molecular flexibility index (Phi) is 12.5. The zero-order valence-electron chi connectivity index (χ0n) is 9.03. The smallest absolute Gasteiger partial charge is 0.183 e. The Balaban J connectivity index is 0. The van der Waals surface area contributed by atoms with E-state index in [9.17, 15) is 4.79 Å². The van der Waals surface area contributed by atoms with Gasteiger partial charge in [-0.1, -0.05) is 25.9 Å². The van der Waals surface area contributed by atoms with Gasteiger partial charge in [-0.3, -0.25) is 4.79 Å². The van der Waals surface area contributed by atoms with Crippen molar-refractivity contribution < 1.29 is 35.9 Å². The molecule has 1 aromatic carbocycles. The van der Waals surface area contributed by atoms with Crippen LogP contribution < -0.4 is 5.73 Å². The summed E-state index contributed by atoms with van der Waals surface area (Å²) in [6.45, 7) is 5.39. The van der Waals surface area contributed by atoms with Crippen LogP contribution in [0, 0.1) is 31.1 Å². The third-order valence-electron chi connectivity index (χ3n) is 1.58. The molecule has 15 heavy (non-hydrogen) atoms. The number of carbonyl (C=O) groups is 1. The van der Waals surface area contributed by atoms with Gasteiger partial charge in [0.15, 0.2) is 12.3 Å². The monoisotopic (exact) mass is 446 g/mol. The van der Waals surface area contributed by atoms with E-state index < -0.39 is 0 Å². The Morgan fingerprint density at radius 3 is 2.33 bits per heavy atom. The van der Waals surface area contributed by atoms with Gasteiger partial charge in [0.2, 0.25) is 0 Å². The van der Waals surface area contributed by atoms with E-state index in [0.717, 1.165) is 0 Å². The van der Waals surface area contributed by atoms with Crippen LogP contribution in [0.2, 0.25) is 6.82 Å². The Morgan fingerprint density at radius 1 is 1.47 bits per heavy atom. The number of hydrogen-bond acceptors (Lipinski definition) is 3. The molecule has 0 atom stereocenters. The van der Waals surface area contributed by atoms with E-state index in [1.165, 1.54) is 0 Å². The predicted octanol–water partition coefficient (Wildman–Crippen LogP) is 2.45. The van der Waals surface area contributed by atoms with Crippen molar-refractivity contribution in [2.24, 2.45) is 0 Å². The van der Waals surface area contributed by atoms with Gasteiger partial charge >= 0.3 is 0 Å². The summed E-state index contributed by atoms with van der Waals surface area (Å²) >= 11 is 3.66.